The Morgan fingerprint density at radius 3 is 2.69 bits per heavy atom. The first kappa shape index (κ1) is 10.1. The summed E-state index contributed by atoms with van der Waals surface area (Å²) in [6.07, 6.45) is -1.46. The third-order valence-corrected chi connectivity index (χ3v) is 2.29. The Balaban J connectivity index is 2.63. The molecule has 0 bridgehead atoms. The van der Waals surface area contributed by atoms with Crippen molar-refractivity contribution in [3.05, 3.63) is 11.6 Å². The van der Waals surface area contributed by atoms with E-state index in [2.05, 4.69) is 0 Å². The van der Waals surface area contributed by atoms with E-state index in [4.69, 9.17) is 5.26 Å². The number of hydrogen-bond donors (Lipinski definition) is 0. The lowest BCUT2D eigenvalue weighted by Gasteiger charge is -2.25. The molecular formula is C9H10F3N. The molecule has 13 heavy (non-hydrogen) atoms. The van der Waals surface area contributed by atoms with Gasteiger partial charge in [0.2, 0.25) is 0 Å². The molecule has 1 fully saturated rings. The number of halogens is 3. The van der Waals surface area contributed by atoms with Crippen LogP contribution in [0.3, 0.4) is 0 Å². The second kappa shape index (κ2) is 3.82. The van der Waals surface area contributed by atoms with E-state index in [0.717, 1.165) is 0 Å². The molecule has 1 aliphatic rings. The van der Waals surface area contributed by atoms with Gasteiger partial charge in [0.1, 0.15) is 0 Å². The van der Waals surface area contributed by atoms with Gasteiger partial charge in [0.15, 0.2) is 0 Å². The van der Waals surface area contributed by atoms with Gasteiger partial charge < -0.3 is 0 Å². The number of nitriles is 1. The molecule has 0 amide bonds. The van der Waals surface area contributed by atoms with Crippen LogP contribution in [-0.4, -0.2) is 6.18 Å². The summed E-state index contributed by atoms with van der Waals surface area (Å²) in [6, 6.07) is 1.78. The summed E-state index contributed by atoms with van der Waals surface area (Å²) in [5, 5.41) is 8.30. The van der Waals surface area contributed by atoms with Crippen LogP contribution in [0.2, 0.25) is 0 Å². The lowest BCUT2D eigenvalue weighted by Crippen LogP contribution is -2.25. The van der Waals surface area contributed by atoms with Gasteiger partial charge in [-0.3, -0.25) is 0 Å². The van der Waals surface area contributed by atoms with E-state index < -0.39 is 12.1 Å². The number of rotatable bonds is 0. The Labute approximate surface area is 74.9 Å². The largest absolute Gasteiger partial charge is 0.392 e. The third kappa shape index (κ3) is 2.76. The standard InChI is InChI=1S/C9H10F3N/c10-9(11,12)8-3-1-2-7(6-8)4-5-13/h4,8H,1-3,6H2. The fraction of sp³-hybridized carbons (Fsp3) is 0.667. The molecule has 72 valence electrons. The third-order valence-electron chi connectivity index (χ3n) is 2.29. The number of hydrogen-bond acceptors (Lipinski definition) is 1. The summed E-state index contributed by atoms with van der Waals surface area (Å²) >= 11 is 0. The summed E-state index contributed by atoms with van der Waals surface area (Å²) in [5.74, 6) is -1.24. The molecule has 1 unspecified atom stereocenters. The van der Waals surface area contributed by atoms with E-state index in [1.165, 1.54) is 6.08 Å². The van der Waals surface area contributed by atoms with Crippen LogP contribution in [0.4, 0.5) is 13.2 Å². The van der Waals surface area contributed by atoms with Gasteiger partial charge in [-0.1, -0.05) is 5.57 Å². The minimum Gasteiger partial charge on any atom is -0.193 e. The Kier molecular flexibility index (Phi) is 2.97. The first-order chi connectivity index (χ1) is 6.04. The van der Waals surface area contributed by atoms with Gasteiger partial charge in [0.05, 0.1) is 12.0 Å². The van der Waals surface area contributed by atoms with Crippen LogP contribution in [0.25, 0.3) is 0 Å². The maximum atomic E-state index is 12.2. The Hall–Kier alpha value is -0.980. The molecule has 1 saturated carbocycles. The van der Waals surface area contributed by atoms with E-state index in [0.29, 0.717) is 18.4 Å². The highest BCUT2D eigenvalue weighted by atomic mass is 19.4. The van der Waals surface area contributed by atoms with Gasteiger partial charge in [0.25, 0.3) is 0 Å². The molecule has 4 heteroatoms. The van der Waals surface area contributed by atoms with Crippen molar-refractivity contribution >= 4 is 0 Å². The Bertz CT molecular complexity index is 247. The lowest BCUT2D eigenvalue weighted by atomic mass is 9.85. The second-order valence-electron chi connectivity index (χ2n) is 3.27. The summed E-state index contributed by atoms with van der Waals surface area (Å²) in [4.78, 5) is 0. The normalized spacial score (nSPS) is 27.2. The molecule has 1 nitrogen and oxygen atoms in total. The zero-order valence-corrected chi connectivity index (χ0v) is 7.06. The van der Waals surface area contributed by atoms with Crippen molar-refractivity contribution < 1.29 is 13.2 Å². The van der Waals surface area contributed by atoms with Gasteiger partial charge in [-0.15, -0.1) is 0 Å². The quantitative estimate of drug-likeness (QED) is 0.537. The molecule has 1 atom stereocenters. The molecule has 0 aromatic rings. The van der Waals surface area contributed by atoms with E-state index in [1.807, 2.05) is 0 Å². The Morgan fingerprint density at radius 2 is 2.15 bits per heavy atom. The molecule has 0 aromatic carbocycles. The van der Waals surface area contributed by atoms with Crippen molar-refractivity contribution in [3.8, 4) is 6.07 Å². The van der Waals surface area contributed by atoms with Crippen LogP contribution >= 0.6 is 0 Å². The maximum absolute atomic E-state index is 12.2. The van der Waals surface area contributed by atoms with Crippen molar-refractivity contribution in [2.45, 2.75) is 31.9 Å². The van der Waals surface area contributed by atoms with E-state index in [1.54, 1.807) is 6.07 Å². The molecule has 0 aromatic heterocycles. The van der Waals surface area contributed by atoms with Crippen LogP contribution in [0.5, 0.6) is 0 Å². The summed E-state index contributed by atoms with van der Waals surface area (Å²) < 4.78 is 36.7. The van der Waals surface area contributed by atoms with Crippen LogP contribution in [-0.2, 0) is 0 Å². The Morgan fingerprint density at radius 1 is 1.46 bits per heavy atom. The van der Waals surface area contributed by atoms with Gasteiger partial charge >= 0.3 is 6.18 Å². The van der Waals surface area contributed by atoms with Gasteiger partial charge in [-0.05, 0) is 25.7 Å². The zero-order valence-electron chi connectivity index (χ0n) is 7.06. The highest BCUT2D eigenvalue weighted by Gasteiger charge is 2.40. The highest BCUT2D eigenvalue weighted by molar-refractivity contribution is 5.15. The topological polar surface area (TPSA) is 23.8 Å². The maximum Gasteiger partial charge on any atom is 0.392 e. The minimum absolute atomic E-state index is 0.0110. The molecule has 1 rings (SSSR count). The van der Waals surface area contributed by atoms with Crippen molar-refractivity contribution in [1.82, 2.24) is 0 Å². The lowest BCUT2D eigenvalue weighted by molar-refractivity contribution is -0.178. The predicted molar refractivity (Wildman–Crippen MR) is 41.7 cm³/mol. The second-order valence-corrected chi connectivity index (χ2v) is 3.27. The molecule has 0 aliphatic heterocycles. The predicted octanol–water partition coefficient (Wildman–Crippen LogP) is 3.19. The minimum atomic E-state index is -4.10. The smallest absolute Gasteiger partial charge is 0.193 e. The summed E-state index contributed by atoms with van der Waals surface area (Å²) in [5.41, 5.74) is 0.635. The van der Waals surface area contributed by atoms with E-state index >= 15 is 0 Å². The molecule has 0 radical (unpaired) electrons. The van der Waals surface area contributed by atoms with E-state index in [9.17, 15) is 13.2 Å². The van der Waals surface area contributed by atoms with Crippen LogP contribution < -0.4 is 0 Å². The van der Waals surface area contributed by atoms with Crippen LogP contribution in [0.1, 0.15) is 25.7 Å². The van der Waals surface area contributed by atoms with Crippen molar-refractivity contribution in [3.63, 3.8) is 0 Å². The fourth-order valence-electron chi connectivity index (χ4n) is 1.60. The monoisotopic (exact) mass is 189 g/mol. The molecule has 1 aliphatic carbocycles. The first-order valence-electron chi connectivity index (χ1n) is 4.18. The summed E-state index contributed by atoms with van der Waals surface area (Å²) in [7, 11) is 0. The van der Waals surface area contributed by atoms with Crippen molar-refractivity contribution in [1.29, 1.82) is 5.26 Å². The molecule has 0 N–H and O–H groups in total. The number of allylic oxidation sites excluding steroid dienone is 2. The zero-order chi connectivity index (χ0) is 9.90. The summed E-state index contributed by atoms with van der Waals surface area (Å²) in [6.45, 7) is 0. The van der Waals surface area contributed by atoms with Gasteiger partial charge in [-0.25, -0.2) is 0 Å². The van der Waals surface area contributed by atoms with Crippen molar-refractivity contribution in [2.24, 2.45) is 5.92 Å². The van der Waals surface area contributed by atoms with E-state index in [-0.39, 0.29) is 12.8 Å². The SMILES string of the molecule is N#CC=C1CCCC(C(F)(F)F)C1. The average molecular weight is 189 g/mol. The number of alkyl halides is 3. The average Bonchev–Trinajstić information content (AvgIpc) is 2.04. The molecular weight excluding hydrogens is 179 g/mol. The highest BCUT2D eigenvalue weighted by Crippen LogP contribution is 2.39. The fourth-order valence-corrected chi connectivity index (χ4v) is 1.60. The molecule has 0 heterocycles. The first-order valence-corrected chi connectivity index (χ1v) is 4.18. The van der Waals surface area contributed by atoms with Crippen LogP contribution in [0, 0.1) is 17.2 Å². The molecule has 0 spiro atoms. The van der Waals surface area contributed by atoms with Gasteiger partial charge in [0, 0.05) is 6.08 Å². The molecule has 0 saturated heterocycles. The van der Waals surface area contributed by atoms with Crippen LogP contribution in [0.15, 0.2) is 11.6 Å². The van der Waals surface area contributed by atoms with Gasteiger partial charge in [-0.2, -0.15) is 18.4 Å². The van der Waals surface area contributed by atoms with Crippen molar-refractivity contribution in [2.75, 3.05) is 0 Å². The number of nitrogens with zero attached hydrogens (tertiary/aromatic N) is 1.